The van der Waals surface area contributed by atoms with Crippen molar-refractivity contribution >= 4 is 39.1 Å². The number of alkyl halides is 7. The van der Waals surface area contributed by atoms with E-state index in [0.29, 0.717) is 22.0 Å². The molecule has 2 aromatic heterocycles. The summed E-state index contributed by atoms with van der Waals surface area (Å²) < 4.78 is 110. The fraction of sp³-hybridized carbons (Fsp3) is 0.200. The van der Waals surface area contributed by atoms with Crippen molar-refractivity contribution in [1.29, 1.82) is 0 Å². The van der Waals surface area contributed by atoms with Crippen LogP contribution in [-0.4, -0.2) is 53.9 Å². The number of carbonyl (C=O) groups excluding carboxylic acids is 2. The molecule has 2 amide bonds. The molecule has 308 valence electrons. The Balaban J connectivity index is 0.000000164. The Morgan fingerprint density at radius 1 is 0.678 bits per heavy atom. The van der Waals surface area contributed by atoms with E-state index in [2.05, 4.69) is 26.1 Å². The molecule has 0 radical (unpaired) electrons. The third-order valence-electron chi connectivity index (χ3n) is 9.51. The molecule has 0 fully saturated rings. The van der Waals surface area contributed by atoms with Gasteiger partial charge in [0, 0.05) is 65.3 Å². The highest BCUT2D eigenvalue weighted by atomic mass is 79.9. The normalized spacial score (nSPS) is 18.4. The van der Waals surface area contributed by atoms with Gasteiger partial charge in [-0.2, -0.15) is 36.5 Å². The van der Waals surface area contributed by atoms with Gasteiger partial charge in [-0.3, -0.25) is 19.0 Å². The summed E-state index contributed by atoms with van der Waals surface area (Å²) in [5.74, 6) is -3.88. The van der Waals surface area contributed by atoms with Gasteiger partial charge in [0.15, 0.2) is 0 Å². The zero-order chi connectivity index (χ0) is 43.1. The van der Waals surface area contributed by atoms with Crippen molar-refractivity contribution in [1.82, 2.24) is 19.6 Å². The lowest BCUT2D eigenvalue weighted by Gasteiger charge is -2.25. The molecule has 10 nitrogen and oxygen atoms in total. The van der Waals surface area contributed by atoms with Crippen molar-refractivity contribution in [3.05, 3.63) is 144 Å². The molecule has 2 atom stereocenters. The molecule has 4 heterocycles. The maximum absolute atomic E-state index is 14.7. The van der Waals surface area contributed by atoms with Crippen molar-refractivity contribution in [2.75, 3.05) is 10.2 Å². The van der Waals surface area contributed by atoms with Crippen LogP contribution in [0, 0.1) is 11.6 Å². The van der Waals surface area contributed by atoms with Crippen LogP contribution in [0.2, 0.25) is 0 Å². The highest BCUT2D eigenvalue weighted by Gasteiger charge is 2.67. The molecular weight excluding hydrogens is 860 g/mol. The molecule has 0 spiro atoms. The molecule has 59 heavy (non-hydrogen) atoms. The zero-order valence-electron chi connectivity index (χ0n) is 30.7. The minimum Gasteiger partial charge on any atom is -0.368 e. The zero-order valence-corrected chi connectivity index (χ0v) is 32.2. The summed E-state index contributed by atoms with van der Waals surface area (Å²) in [6, 6.07) is 19.7. The van der Waals surface area contributed by atoms with E-state index in [9.17, 15) is 54.9 Å². The first-order valence-electron chi connectivity index (χ1n) is 17.2. The second kappa shape index (κ2) is 16.0. The van der Waals surface area contributed by atoms with Gasteiger partial charge in [-0.15, -0.1) is 0 Å². The summed E-state index contributed by atoms with van der Waals surface area (Å²) in [4.78, 5) is 24.4. The number of hydrogen-bond donors (Lipinski definition) is 3. The largest absolute Gasteiger partial charge is 0.430 e. The van der Waals surface area contributed by atoms with Gasteiger partial charge in [-0.05, 0) is 41.0 Å². The number of amides is 2. The predicted octanol–water partition coefficient (Wildman–Crippen LogP) is 8.03. The van der Waals surface area contributed by atoms with E-state index in [1.807, 2.05) is 24.6 Å². The molecule has 2 aliphatic heterocycles. The second-order valence-electron chi connectivity index (χ2n) is 13.4. The van der Waals surface area contributed by atoms with E-state index in [-0.39, 0.29) is 22.8 Å². The Bertz CT molecular complexity index is 2540. The van der Waals surface area contributed by atoms with Gasteiger partial charge in [0.05, 0.1) is 24.6 Å². The molecule has 2 unspecified atom stereocenters. The number of hydrogen-bond acceptors (Lipinski definition) is 6. The maximum Gasteiger partial charge on any atom is 0.430 e. The Hall–Kier alpha value is -5.92. The number of fused-ring (bicyclic) bond motifs is 2. The van der Waals surface area contributed by atoms with Crippen LogP contribution in [0.25, 0.3) is 22.3 Å². The molecule has 2 aliphatic rings. The number of carbonyl (C=O) groups is 2. The molecule has 6 aromatic rings. The van der Waals surface area contributed by atoms with E-state index in [1.165, 1.54) is 54.6 Å². The lowest BCUT2D eigenvalue weighted by Crippen LogP contribution is -2.50. The highest BCUT2D eigenvalue weighted by Crippen LogP contribution is 2.50. The van der Waals surface area contributed by atoms with Gasteiger partial charge >= 0.3 is 12.4 Å². The number of nitrogens with zero attached hydrogens (tertiary/aromatic N) is 5. The summed E-state index contributed by atoms with van der Waals surface area (Å²) >= 11 is 3.24. The minimum absolute atomic E-state index is 0.0117. The summed E-state index contributed by atoms with van der Waals surface area (Å²) in [7, 11) is 3.55. The number of aryl methyl sites for hydroxylation is 2. The standard InChI is InChI=1S/C20H15F4N3O2.C11H10BrFN2.C9H6F3NO2/c1-26-10-14(9-25-26)12-6-7-13(16(21)8-12)11-27-17-5-3-2-4-15(17)19(29,18(27)28)20(22,23)24;1-15-7-10(6-14-15)8-2-3-9(5-12)11(13)4-8;10-9(11,12)8(15)5-3-1-2-4-6(5)13-7(8)14/h2-10,29H,11H2,1H3;2-4,6-7H,5H2,1H3;1-4,15H,(H,13,14). The van der Waals surface area contributed by atoms with Crippen LogP contribution in [0.3, 0.4) is 0 Å². The fourth-order valence-electron chi connectivity index (χ4n) is 6.39. The summed E-state index contributed by atoms with van der Waals surface area (Å²) in [5, 5.41) is 30.2. The summed E-state index contributed by atoms with van der Waals surface area (Å²) in [6.07, 6.45) is -3.40. The number of aromatic nitrogens is 4. The average Bonchev–Trinajstić information content (AvgIpc) is 3.94. The fourth-order valence-corrected chi connectivity index (χ4v) is 6.85. The SMILES string of the molecule is Cn1cc(-c2ccc(CBr)c(F)c2)cn1.Cn1cc(-c2ccc(CN3C(=O)C(O)(C(F)(F)F)c4ccccc43)c(F)c2)cn1.O=C1Nc2ccccc2C1(O)C(F)(F)F. The number of para-hydroxylation sites is 2. The van der Waals surface area contributed by atoms with Gasteiger partial charge in [0.1, 0.15) is 11.6 Å². The monoisotopic (exact) mass is 890 g/mol. The number of anilines is 2. The first-order chi connectivity index (χ1) is 27.7. The molecule has 0 bridgehead atoms. The van der Waals surface area contributed by atoms with Gasteiger partial charge in [-0.25, -0.2) is 8.78 Å². The third kappa shape index (κ3) is 7.96. The van der Waals surface area contributed by atoms with Crippen molar-refractivity contribution in [3.8, 4) is 22.3 Å². The average molecular weight is 892 g/mol. The number of halogens is 9. The Morgan fingerprint density at radius 3 is 1.64 bits per heavy atom. The summed E-state index contributed by atoms with van der Waals surface area (Å²) in [6.45, 7) is -0.451. The van der Waals surface area contributed by atoms with E-state index in [1.54, 1.807) is 47.1 Å². The first-order valence-corrected chi connectivity index (χ1v) is 18.3. The lowest BCUT2D eigenvalue weighted by atomic mass is 9.95. The van der Waals surface area contributed by atoms with Crippen molar-refractivity contribution in [2.45, 2.75) is 35.4 Å². The quantitative estimate of drug-likeness (QED) is 0.119. The van der Waals surface area contributed by atoms with Crippen molar-refractivity contribution < 1.29 is 54.9 Å². The Kier molecular flexibility index (Phi) is 11.6. The van der Waals surface area contributed by atoms with E-state index in [0.717, 1.165) is 28.2 Å². The molecule has 0 saturated heterocycles. The van der Waals surface area contributed by atoms with Crippen molar-refractivity contribution in [3.63, 3.8) is 0 Å². The van der Waals surface area contributed by atoms with E-state index < -0.39 is 58.9 Å². The van der Waals surface area contributed by atoms with Gasteiger partial charge in [-0.1, -0.05) is 76.6 Å². The van der Waals surface area contributed by atoms with Gasteiger partial charge in [0.25, 0.3) is 23.0 Å². The van der Waals surface area contributed by atoms with Crippen LogP contribution in [0.4, 0.5) is 46.5 Å². The first kappa shape index (κ1) is 42.7. The predicted molar refractivity (Wildman–Crippen MR) is 202 cm³/mol. The molecule has 19 heteroatoms. The lowest BCUT2D eigenvalue weighted by molar-refractivity contribution is -0.253. The van der Waals surface area contributed by atoms with E-state index >= 15 is 0 Å². The Morgan fingerprint density at radius 2 is 1.17 bits per heavy atom. The molecular formula is C40H31BrF8N6O4. The topological polar surface area (TPSA) is 126 Å². The molecule has 4 aromatic carbocycles. The second-order valence-corrected chi connectivity index (χ2v) is 13.9. The molecule has 3 N–H and O–H groups in total. The Labute approximate surface area is 338 Å². The number of benzene rings is 4. The van der Waals surface area contributed by atoms with E-state index in [4.69, 9.17) is 0 Å². The van der Waals surface area contributed by atoms with Crippen LogP contribution >= 0.6 is 15.9 Å². The van der Waals surface area contributed by atoms with Crippen molar-refractivity contribution in [2.24, 2.45) is 14.1 Å². The van der Waals surface area contributed by atoms with Crippen LogP contribution in [0.1, 0.15) is 22.3 Å². The van der Waals surface area contributed by atoms with Crippen LogP contribution in [0.5, 0.6) is 0 Å². The highest BCUT2D eigenvalue weighted by molar-refractivity contribution is 9.08. The van der Waals surface area contributed by atoms with Gasteiger partial charge < -0.3 is 20.4 Å². The molecule has 0 saturated carbocycles. The van der Waals surface area contributed by atoms with Gasteiger partial charge in [0.2, 0.25) is 0 Å². The van der Waals surface area contributed by atoms with Crippen LogP contribution in [-0.2, 0) is 46.8 Å². The molecule has 8 rings (SSSR count). The smallest absolute Gasteiger partial charge is 0.368 e. The maximum atomic E-state index is 14.7. The molecule has 0 aliphatic carbocycles. The summed E-state index contributed by atoms with van der Waals surface area (Å²) in [5.41, 5.74) is -4.54. The number of rotatable bonds is 5. The minimum atomic E-state index is -5.21. The third-order valence-corrected chi connectivity index (χ3v) is 10.1. The number of nitrogens with one attached hydrogen (secondary N) is 1. The van der Waals surface area contributed by atoms with Crippen LogP contribution < -0.4 is 10.2 Å². The number of aliphatic hydroxyl groups is 2. The van der Waals surface area contributed by atoms with Crippen LogP contribution in [0.15, 0.2) is 110 Å².